The van der Waals surface area contributed by atoms with Crippen molar-refractivity contribution in [3.8, 4) is 0 Å². The molecule has 3 heteroatoms. The molecule has 0 N–H and O–H groups in total. The van der Waals surface area contributed by atoms with Crippen LogP contribution in [-0.2, 0) is 0 Å². The largest absolute Gasteiger partial charge is 0.459 e. The number of likely N-dealkylation sites (tertiary alicyclic amines) is 1. The van der Waals surface area contributed by atoms with Crippen molar-refractivity contribution in [2.24, 2.45) is 0 Å². The predicted molar refractivity (Wildman–Crippen MR) is 77.8 cm³/mol. The lowest BCUT2D eigenvalue weighted by Gasteiger charge is -2.31. The van der Waals surface area contributed by atoms with Gasteiger partial charge in [-0.05, 0) is 37.3 Å². The number of piperidine rings is 1. The van der Waals surface area contributed by atoms with E-state index >= 15 is 0 Å². The summed E-state index contributed by atoms with van der Waals surface area (Å²) < 4.78 is 5.30. The highest BCUT2D eigenvalue weighted by molar-refractivity contribution is 5.92. The minimum absolute atomic E-state index is 0.0269. The summed E-state index contributed by atoms with van der Waals surface area (Å²) in [7, 11) is 0. The highest BCUT2D eigenvalue weighted by Crippen LogP contribution is 2.28. The number of benzene rings is 1. The van der Waals surface area contributed by atoms with Crippen LogP contribution in [0.3, 0.4) is 0 Å². The molecule has 1 saturated heterocycles. The number of carbonyl (C=O) groups is 1. The Balaban J connectivity index is 1.64. The van der Waals surface area contributed by atoms with E-state index < -0.39 is 0 Å². The van der Waals surface area contributed by atoms with Gasteiger partial charge < -0.3 is 9.32 Å². The summed E-state index contributed by atoms with van der Waals surface area (Å²) in [5, 5.41) is 0. The van der Waals surface area contributed by atoms with Gasteiger partial charge in [0.25, 0.3) is 5.91 Å². The molecule has 3 nitrogen and oxygen atoms in total. The Labute approximate surface area is 119 Å². The van der Waals surface area contributed by atoms with Crippen molar-refractivity contribution in [1.29, 1.82) is 0 Å². The number of nitrogens with zero attached hydrogens (tertiary/aromatic N) is 1. The van der Waals surface area contributed by atoms with Crippen molar-refractivity contribution >= 4 is 5.91 Å². The molecule has 0 bridgehead atoms. The summed E-state index contributed by atoms with van der Waals surface area (Å²) in [6.45, 7) is 3.52. The molecule has 1 aromatic carbocycles. The molecule has 0 atom stereocenters. The molecule has 1 fully saturated rings. The highest BCUT2D eigenvalue weighted by atomic mass is 16.3. The van der Waals surface area contributed by atoms with Crippen LogP contribution in [0.25, 0.3) is 0 Å². The summed E-state index contributed by atoms with van der Waals surface area (Å²) in [6, 6.07) is 12.4. The first-order valence-corrected chi connectivity index (χ1v) is 7.14. The number of hydrogen-bond donors (Lipinski definition) is 0. The van der Waals surface area contributed by atoms with Crippen molar-refractivity contribution in [2.75, 3.05) is 13.1 Å². The number of rotatable bonds is 2. The Hall–Kier alpha value is -2.03. The minimum Gasteiger partial charge on any atom is -0.459 e. The molecule has 3 rings (SSSR count). The Morgan fingerprint density at radius 2 is 1.85 bits per heavy atom. The van der Waals surface area contributed by atoms with Crippen molar-refractivity contribution in [3.63, 3.8) is 0 Å². The van der Waals surface area contributed by atoms with Crippen LogP contribution in [-0.4, -0.2) is 23.9 Å². The quantitative estimate of drug-likeness (QED) is 0.834. The van der Waals surface area contributed by atoms with Crippen LogP contribution in [0, 0.1) is 6.92 Å². The van der Waals surface area contributed by atoms with Crippen LogP contribution in [0.15, 0.2) is 47.1 Å². The Kier molecular flexibility index (Phi) is 3.59. The van der Waals surface area contributed by atoms with E-state index in [9.17, 15) is 4.79 Å². The fourth-order valence-electron chi connectivity index (χ4n) is 2.88. The summed E-state index contributed by atoms with van der Waals surface area (Å²) >= 11 is 0. The van der Waals surface area contributed by atoms with Crippen molar-refractivity contribution < 1.29 is 9.21 Å². The van der Waals surface area contributed by atoms with Crippen molar-refractivity contribution in [1.82, 2.24) is 4.90 Å². The third kappa shape index (κ3) is 2.48. The topological polar surface area (TPSA) is 33.5 Å². The summed E-state index contributed by atoms with van der Waals surface area (Å²) in [4.78, 5) is 14.3. The molecule has 2 heterocycles. The maximum Gasteiger partial charge on any atom is 0.289 e. The average molecular weight is 269 g/mol. The Morgan fingerprint density at radius 3 is 2.45 bits per heavy atom. The van der Waals surface area contributed by atoms with E-state index in [2.05, 4.69) is 24.3 Å². The van der Waals surface area contributed by atoms with Gasteiger partial charge in [0, 0.05) is 18.7 Å². The fraction of sp³-hybridized carbons (Fsp3) is 0.353. The van der Waals surface area contributed by atoms with Gasteiger partial charge >= 0.3 is 0 Å². The lowest BCUT2D eigenvalue weighted by molar-refractivity contribution is 0.0680. The molecule has 1 aliphatic heterocycles. The number of carbonyl (C=O) groups excluding carboxylic acids is 1. The van der Waals surface area contributed by atoms with Gasteiger partial charge in [0.15, 0.2) is 5.76 Å². The lowest BCUT2D eigenvalue weighted by atomic mass is 9.89. The first kappa shape index (κ1) is 13.0. The number of aryl methyl sites for hydroxylation is 1. The van der Waals surface area contributed by atoms with E-state index in [4.69, 9.17) is 4.42 Å². The van der Waals surface area contributed by atoms with E-state index in [1.165, 1.54) is 5.56 Å². The summed E-state index contributed by atoms with van der Waals surface area (Å²) in [6.07, 6.45) is 3.63. The van der Waals surface area contributed by atoms with E-state index in [1.807, 2.05) is 24.0 Å². The molecule has 0 saturated carbocycles. The zero-order valence-electron chi connectivity index (χ0n) is 11.7. The average Bonchev–Trinajstić information content (AvgIpc) is 2.94. The first-order chi connectivity index (χ1) is 9.75. The second-order valence-electron chi connectivity index (χ2n) is 5.41. The van der Waals surface area contributed by atoms with Gasteiger partial charge in [-0.25, -0.2) is 0 Å². The minimum atomic E-state index is 0.0269. The molecule has 2 aromatic rings. The molecule has 104 valence electrons. The van der Waals surface area contributed by atoms with Gasteiger partial charge in [-0.2, -0.15) is 0 Å². The predicted octanol–water partition coefficient (Wildman–Crippen LogP) is 3.61. The number of furan rings is 1. The monoisotopic (exact) mass is 269 g/mol. The Bertz CT molecular complexity index is 580. The molecule has 0 unspecified atom stereocenters. The normalized spacial score (nSPS) is 16.4. The van der Waals surface area contributed by atoms with E-state index in [0.717, 1.165) is 31.5 Å². The van der Waals surface area contributed by atoms with Gasteiger partial charge in [0.1, 0.15) is 0 Å². The summed E-state index contributed by atoms with van der Waals surface area (Å²) in [5.41, 5.74) is 2.30. The second-order valence-corrected chi connectivity index (χ2v) is 5.41. The molecule has 0 spiro atoms. The first-order valence-electron chi connectivity index (χ1n) is 7.14. The molecule has 0 radical (unpaired) electrons. The van der Waals surface area contributed by atoms with Crippen LogP contribution in [0.4, 0.5) is 0 Å². The maximum absolute atomic E-state index is 12.4. The van der Waals surface area contributed by atoms with Gasteiger partial charge in [-0.3, -0.25) is 4.79 Å². The zero-order chi connectivity index (χ0) is 13.9. The molecular weight excluding hydrogens is 250 g/mol. The SMILES string of the molecule is Cc1ccoc1C(=O)N1CCC(c2ccccc2)CC1. The van der Waals surface area contributed by atoms with E-state index in [0.29, 0.717) is 11.7 Å². The van der Waals surface area contributed by atoms with E-state index in [-0.39, 0.29) is 5.91 Å². The van der Waals surface area contributed by atoms with Crippen molar-refractivity contribution in [3.05, 3.63) is 59.5 Å². The highest BCUT2D eigenvalue weighted by Gasteiger charge is 2.26. The Morgan fingerprint density at radius 1 is 1.15 bits per heavy atom. The zero-order valence-corrected chi connectivity index (χ0v) is 11.7. The van der Waals surface area contributed by atoms with Crippen LogP contribution in [0.2, 0.25) is 0 Å². The van der Waals surface area contributed by atoms with E-state index in [1.54, 1.807) is 6.26 Å². The maximum atomic E-state index is 12.4. The standard InChI is InChI=1S/C17H19NO2/c1-13-9-12-20-16(13)17(19)18-10-7-15(8-11-18)14-5-3-2-4-6-14/h2-6,9,12,15H,7-8,10-11H2,1H3. The second kappa shape index (κ2) is 5.53. The van der Waals surface area contributed by atoms with Crippen LogP contribution in [0.5, 0.6) is 0 Å². The van der Waals surface area contributed by atoms with Crippen molar-refractivity contribution in [2.45, 2.75) is 25.7 Å². The third-order valence-electron chi connectivity index (χ3n) is 4.11. The smallest absolute Gasteiger partial charge is 0.289 e. The number of amides is 1. The van der Waals surface area contributed by atoms with Crippen LogP contribution in [0.1, 0.15) is 40.4 Å². The molecule has 1 aromatic heterocycles. The lowest BCUT2D eigenvalue weighted by Crippen LogP contribution is -2.38. The molecule has 1 amide bonds. The molecule has 0 aliphatic carbocycles. The van der Waals surface area contributed by atoms with Gasteiger partial charge in [-0.1, -0.05) is 30.3 Å². The summed E-state index contributed by atoms with van der Waals surface area (Å²) in [5.74, 6) is 1.08. The van der Waals surface area contributed by atoms with Crippen LogP contribution < -0.4 is 0 Å². The van der Waals surface area contributed by atoms with Gasteiger partial charge in [-0.15, -0.1) is 0 Å². The molecular formula is C17H19NO2. The van der Waals surface area contributed by atoms with Crippen LogP contribution >= 0.6 is 0 Å². The number of hydrogen-bond acceptors (Lipinski definition) is 2. The van der Waals surface area contributed by atoms with Gasteiger partial charge in [0.05, 0.1) is 6.26 Å². The molecule has 20 heavy (non-hydrogen) atoms. The van der Waals surface area contributed by atoms with Gasteiger partial charge in [0.2, 0.25) is 0 Å². The fourth-order valence-corrected chi connectivity index (χ4v) is 2.88. The third-order valence-corrected chi connectivity index (χ3v) is 4.11. The molecule has 1 aliphatic rings.